The highest BCUT2D eigenvalue weighted by atomic mass is 16.5. The van der Waals surface area contributed by atoms with E-state index in [4.69, 9.17) is 9.15 Å². The topological polar surface area (TPSA) is 62.9 Å². The van der Waals surface area contributed by atoms with Gasteiger partial charge in [-0.2, -0.15) is 0 Å². The normalized spacial score (nSPS) is 22.5. The monoisotopic (exact) mass is 327 g/mol. The molecule has 1 aromatic heterocycles. The maximum atomic E-state index is 12.8. The lowest BCUT2D eigenvalue weighted by Gasteiger charge is -2.35. The molecule has 5 heteroatoms. The van der Waals surface area contributed by atoms with E-state index in [1.807, 2.05) is 25.1 Å². The van der Waals surface area contributed by atoms with Gasteiger partial charge < -0.3 is 19.2 Å². The van der Waals surface area contributed by atoms with E-state index in [9.17, 15) is 9.90 Å². The minimum absolute atomic E-state index is 0.119. The predicted octanol–water partition coefficient (Wildman–Crippen LogP) is 2.69. The highest BCUT2D eigenvalue weighted by molar-refractivity contribution is 5.93. The number of aryl methyl sites for hydroxylation is 2. The van der Waals surface area contributed by atoms with Crippen LogP contribution in [0.15, 0.2) is 34.7 Å². The Labute approximate surface area is 140 Å². The minimum Gasteiger partial charge on any atom is -0.485 e. The van der Waals surface area contributed by atoms with E-state index < -0.39 is 0 Å². The molecule has 2 aliphatic rings. The highest BCUT2D eigenvalue weighted by Gasteiger charge is 2.44. The molecule has 1 aromatic carbocycles. The number of hydrogen-bond acceptors (Lipinski definition) is 4. The Morgan fingerprint density at radius 3 is 2.96 bits per heavy atom. The average Bonchev–Trinajstić information content (AvgIpc) is 3.18. The molecule has 0 aliphatic carbocycles. The highest BCUT2D eigenvalue weighted by Crippen LogP contribution is 2.39. The first-order valence-electron chi connectivity index (χ1n) is 8.37. The van der Waals surface area contributed by atoms with Gasteiger partial charge in [-0.15, -0.1) is 0 Å². The molecule has 3 heterocycles. The molecule has 1 amide bonds. The van der Waals surface area contributed by atoms with E-state index in [0.29, 0.717) is 24.6 Å². The Morgan fingerprint density at radius 2 is 2.17 bits per heavy atom. The van der Waals surface area contributed by atoms with Crippen LogP contribution in [0, 0.1) is 6.92 Å². The number of aliphatic hydroxyl groups is 1. The SMILES string of the molecule is Cc1cc(CO)oc1C(=O)N1CCC2(CCc3ccccc3O2)C1. The zero-order valence-corrected chi connectivity index (χ0v) is 13.7. The lowest BCUT2D eigenvalue weighted by molar-refractivity contribution is 0.0471. The summed E-state index contributed by atoms with van der Waals surface area (Å²) < 4.78 is 11.8. The number of benzene rings is 1. The van der Waals surface area contributed by atoms with Crippen LogP contribution in [0.3, 0.4) is 0 Å². The number of likely N-dealkylation sites (tertiary alicyclic amines) is 1. The molecule has 1 fully saturated rings. The van der Waals surface area contributed by atoms with Crippen molar-refractivity contribution in [2.24, 2.45) is 0 Å². The third-order valence-electron chi connectivity index (χ3n) is 5.07. The first kappa shape index (κ1) is 15.3. The van der Waals surface area contributed by atoms with Gasteiger partial charge >= 0.3 is 0 Å². The third kappa shape index (κ3) is 2.49. The summed E-state index contributed by atoms with van der Waals surface area (Å²) in [6.45, 7) is 2.87. The van der Waals surface area contributed by atoms with E-state index in [2.05, 4.69) is 6.07 Å². The summed E-state index contributed by atoms with van der Waals surface area (Å²) in [6, 6.07) is 9.83. The molecule has 0 saturated carbocycles. The van der Waals surface area contributed by atoms with E-state index >= 15 is 0 Å². The fourth-order valence-electron chi connectivity index (χ4n) is 3.74. The minimum atomic E-state index is -0.287. The number of ether oxygens (including phenoxy) is 1. The van der Waals surface area contributed by atoms with Crippen LogP contribution in [0.2, 0.25) is 0 Å². The van der Waals surface area contributed by atoms with Crippen LogP contribution < -0.4 is 4.74 Å². The van der Waals surface area contributed by atoms with E-state index in [0.717, 1.165) is 30.6 Å². The molecular weight excluding hydrogens is 306 g/mol. The Kier molecular flexibility index (Phi) is 3.61. The Bertz CT molecular complexity index is 781. The number of amides is 1. The standard InChI is InChI=1S/C19H21NO4/c1-13-10-15(11-21)23-17(13)18(22)20-9-8-19(12-20)7-6-14-4-2-3-5-16(14)24-19/h2-5,10,21H,6-9,11-12H2,1H3. The number of furan rings is 1. The molecule has 4 rings (SSSR count). The van der Waals surface area contributed by atoms with Gasteiger partial charge in [0.2, 0.25) is 0 Å². The Balaban J connectivity index is 1.52. The summed E-state index contributed by atoms with van der Waals surface area (Å²) >= 11 is 0. The molecule has 1 saturated heterocycles. The fourth-order valence-corrected chi connectivity index (χ4v) is 3.74. The maximum Gasteiger partial charge on any atom is 0.289 e. The number of nitrogens with zero attached hydrogens (tertiary/aromatic N) is 1. The fraction of sp³-hybridized carbons (Fsp3) is 0.421. The van der Waals surface area contributed by atoms with Crippen LogP contribution in [0.25, 0.3) is 0 Å². The molecule has 2 aromatic rings. The zero-order valence-electron chi connectivity index (χ0n) is 13.7. The third-order valence-corrected chi connectivity index (χ3v) is 5.07. The van der Waals surface area contributed by atoms with Crippen molar-refractivity contribution in [2.45, 2.75) is 38.4 Å². The number of fused-ring (bicyclic) bond motifs is 1. The van der Waals surface area contributed by atoms with Gasteiger partial charge in [0.25, 0.3) is 5.91 Å². The maximum absolute atomic E-state index is 12.8. The van der Waals surface area contributed by atoms with Crippen LogP contribution in [-0.2, 0) is 13.0 Å². The number of carbonyl (C=O) groups is 1. The summed E-state index contributed by atoms with van der Waals surface area (Å²) in [4.78, 5) is 14.6. The number of para-hydroxylation sites is 1. The summed E-state index contributed by atoms with van der Waals surface area (Å²) in [7, 11) is 0. The summed E-state index contributed by atoms with van der Waals surface area (Å²) in [5, 5.41) is 9.18. The summed E-state index contributed by atoms with van der Waals surface area (Å²) in [6.07, 6.45) is 2.74. The van der Waals surface area contributed by atoms with Gasteiger partial charge in [-0.1, -0.05) is 18.2 Å². The summed E-state index contributed by atoms with van der Waals surface area (Å²) in [5.41, 5.74) is 1.71. The predicted molar refractivity (Wildman–Crippen MR) is 88.0 cm³/mol. The smallest absolute Gasteiger partial charge is 0.289 e. The van der Waals surface area contributed by atoms with Gasteiger partial charge in [0, 0.05) is 18.5 Å². The first-order chi connectivity index (χ1) is 11.6. The second kappa shape index (κ2) is 5.67. The van der Waals surface area contributed by atoms with Crippen molar-refractivity contribution in [1.82, 2.24) is 4.90 Å². The first-order valence-corrected chi connectivity index (χ1v) is 8.37. The van der Waals surface area contributed by atoms with Gasteiger partial charge in [0.05, 0.1) is 6.54 Å². The zero-order chi connectivity index (χ0) is 16.7. The van der Waals surface area contributed by atoms with Gasteiger partial charge in [0.1, 0.15) is 23.7 Å². The van der Waals surface area contributed by atoms with Crippen molar-refractivity contribution in [1.29, 1.82) is 0 Å². The van der Waals surface area contributed by atoms with E-state index in [-0.39, 0.29) is 18.1 Å². The molecule has 1 spiro atoms. The van der Waals surface area contributed by atoms with Gasteiger partial charge in [-0.3, -0.25) is 4.79 Å². The lowest BCUT2D eigenvalue weighted by Crippen LogP contribution is -2.43. The second-order valence-corrected chi connectivity index (χ2v) is 6.75. The number of rotatable bonds is 2. The van der Waals surface area contributed by atoms with Crippen LogP contribution in [-0.4, -0.2) is 34.6 Å². The van der Waals surface area contributed by atoms with Gasteiger partial charge in [-0.25, -0.2) is 0 Å². The molecule has 126 valence electrons. The van der Waals surface area contributed by atoms with E-state index in [1.165, 1.54) is 5.56 Å². The molecule has 1 unspecified atom stereocenters. The average molecular weight is 327 g/mol. The van der Waals surface area contributed by atoms with Crippen molar-refractivity contribution in [3.05, 3.63) is 53.0 Å². The van der Waals surface area contributed by atoms with Crippen molar-refractivity contribution in [3.63, 3.8) is 0 Å². The van der Waals surface area contributed by atoms with Crippen molar-refractivity contribution in [3.8, 4) is 5.75 Å². The van der Waals surface area contributed by atoms with Crippen LogP contribution in [0.1, 0.15) is 40.3 Å². The quantitative estimate of drug-likeness (QED) is 0.921. The van der Waals surface area contributed by atoms with Crippen molar-refractivity contribution >= 4 is 5.91 Å². The van der Waals surface area contributed by atoms with Crippen LogP contribution in [0.4, 0.5) is 0 Å². The summed E-state index contributed by atoms with van der Waals surface area (Å²) in [5.74, 6) is 1.57. The number of aliphatic hydroxyl groups excluding tert-OH is 1. The van der Waals surface area contributed by atoms with Crippen LogP contribution >= 0.6 is 0 Å². The molecule has 0 radical (unpaired) electrons. The largest absolute Gasteiger partial charge is 0.485 e. The molecule has 1 N–H and O–H groups in total. The molecule has 24 heavy (non-hydrogen) atoms. The molecular formula is C19H21NO4. The van der Waals surface area contributed by atoms with Crippen molar-refractivity contribution in [2.75, 3.05) is 13.1 Å². The number of hydrogen-bond donors (Lipinski definition) is 1. The Morgan fingerprint density at radius 1 is 1.33 bits per heavy atom. The van der Waals surface area contributed by atoms with Crippen LogP contribution in [0.5, 0.6) is 5.75 Å². The van der Waals surface area contributed by atoms with E-state index in [1.54, 1.807) is 11.0 Å². The molecule has 5 nitrogen and oxygen atoms in total. The van der Waals surface area contributed by atoms with Crippen molar-refractivity contribution < 1.29 is 19.1 Å². The Hall–Kier alpha value is -2.27. The number of carbonyl (C=O) groups excluding carboxylic acids is 1. The van der Waals surface area contributed by atoms with Gasteiger partial charge in [-0.05, 0) is 37.5 Å². The second-order valence-electron chi connectivity index (χ2n) is 6.75. The molecule has 1 atom stereocenters. The molecule has 2 aliphatic heterocycles. The molecule has 0 bridgehead atoms. The lowest BCUT2D eigenvalue weighted by atomic mass is 9.90. The van der Waals surface area contributed by atoms with Gasteiger partial charge in [0.15, 0.2) is 5.76 Å².